The molecule has 0 aromatic heterocycles. The molecule has 294 valence electrons. The molecule has 0 unspecified atom stereocenters. The molecule has 51 heavy (non-hydrogen) atoms. The highest BCUT2D eigenvalue weighted by molar-refractivity contribution is 6.02. The molecule has 1 aromatic rings. The number of hydrogen-bond donors (Lipinski definition) is 0. The summed E-state index contributed by atoms with van der Waals surface area (Å²) in [6.07, 6.45) is 9.93. The first-order valence-electron chi connectivity index (χ1n) is 17.3. The number of carbonyl (C=O) groups is 1. The molecule has 1 nitrogen and oxygen atoms in total. The maximum Gasteiger partial charge on any atom is 0.460 e. The van der Waals surface area contributed by atoms with E-state index in [1.165, 1.54) is 64.2 Å². The fourth-order valence-corrected chi connectivity index (χ4v) is 7.42. The minimum atomic E-state index is -8.43. The monoisotopic (exact) mass is 764 g/mol. The van der Waals surface area contributed by atoms with Crippen molar-refractivity contribution in [2.24, 2.45) is 23.7 Å². The maximum absolute atomic E-state index is 14.4. The molecule has 0 radical (unpaired) electrons. The van der Waals surface area contributed by atoms with Crippen LogP contribution in [0.4, 0.5) is 65.9 Å². The number of aryl methyl sites for hydroxylation is 1. The molecular formula is C35H43F15O. The van der Waals surface area contributed by atoms with Crippen LogP contribution in [0.5, 0.6) is 0 Å². The summed E-state index contributed by atoms with van der Waals surface area (Å²) in [7, 11) is 0. The molecular weight excluding hydrogens is 721 g/mol. The van der Waals surface area contributed by atoms with E-state index < -0.39 is 53.1 Å². The Labute approximate surface area is 287 Å². The van der Waals surface area contributed by atoms with Crippen LogP contribution in [-0.2, 0) is 6.42 Å². The number of benzene rings is 1. The predicted molar refractivity (Wildman–Crippen MR) is 159 cm³/mol. The van der Waals surface area contributed by atoms with Gasteiger partial charge in [0.2, 0.25) is 5.78 Å². The van der Waals surface area contributed by atoms with Gasteiger partial charge in [-0.1, -0.05) is 95.4 Å². The fourth-order valence-electron chi connectivity index (χ4n) is 7.42. The number of ketones is 1. The van der Waals surface area contributed by atoms with E-state index in [9.17, 15) is 70.7 Å². The first-order chi connectivity index (χ1) is 23.4. The number of hydrogen-bond acceptors (Lipinski definition) is 1. The van der Waals surface area contributed by atoms with Crippen molar-refractivity contribution in [1.29, 1.82) is 0 Å². The average Bonchev–Trinajstić information content (AvgIpc) is 3.06. The van der Waals surface area contributed by atoms with Crippen molar-refractivity contribution >= 4 is 5.78 Å². The Hall–Kier alpha value is -2.16. The summed E-state index contributed by atoms with van der Waals surface area (Å²) in [6.45, 7) is 2.19. The number of alkyl halides is 15. The molecule has 0 heterocycles. The van der Waals surface area contributed by atoms with E-state index in [-0.39, 0.29) is 0 Å². The molecule has 0 N–H and O–H groups in total. The molecule has 2 aliphatic carbocycles. The molecule has 0 atom stereocenters. The van der Waals surface area contributed by atoms with E-state index in [1.54, 1.807) is 0 Å². The maximum atomic E-state index is 14.4. The molecule has 0 amide bonds. The van der Waals surface area contributed by atoms with Crippen LogP contribution in [0, 0.1) is 23.7 Å². The Morgan fingerprint density at radius 1 is 0.529 bits per heavy atom. The van der Waals surface area contributed by atoms with Crippen molar-refractivity contribution in [3.05, 3.63) is 35.4 Å². The average molecular weight is 765 g/mol. The predicted octanol–water partition coefficient (Wildman–Crippen LogP) is 13.1. The smallest absolute Gasteiger partial charge is 0.287 e. The van der Waals surface area contributed by atoms with Gasteiger partial charge < -0.3 is 0 Å². The van der Waals surface area contributed by atoms with Crippen molar-refractivity contribution in [3.8, 4) is 0 Å². The summed E-state index contributed by atoms with van der Waals surface area (Å²) in [6, 6.07) is 2.95. The van der Waals surface area contributed by atoms with Gasteiger partial charge in [0, 0.05) is 5.56 Å². The molecule has 0 spiro atoms. The highest BCUT2D eigenvalue weighted by Crippen LogP contribution is 2.62. The van der Waals surface area contributed by atoms with Crippen molar-refractivity contribution in [2.45, 2.75) is 151 Å². The Morgan fingerprint density at radius 3 is 1.39 bits per heavy atom. The lowest BCUT2D eigenvalue weighted by Crippen LogP contribution is -2.73. The van der Waals surface area contributed by atoms with E-state index in [2.05, 4.69) is 6.92 Å². The normalized spacial score (nSPS) is 23.4. The van der Waals surface area contributed by atoms with Crippen LogP contribution >= 0.6 is 0 Å². The second-order valence-electron chi connectivity index (χ2n) is 14.3. The molecule has 0 aliphatic heterocycles. The molecule has 3 rings (SSSR count). The second-order valence-corrected chi connectivity index (χ2v) is 14.3. The van der Waals surface area contributed by atoms with Gasteiger partial charge in [0.1, 0.15) is 0 Å². The van der Waals surface area contributed by atoms with Crippen LogP contribution in [0.25, 0.3) is 0 Å². The van der Waals surface area contributed by atoms with Crippen LogP contribution < -0.4 is 0 Å². The van der Waals surface area contributed by atoms with Crippen molar-refractivity contribution in [3.63, 3.8) is 0 Å². The Kier molecular flexibility index (Phi) is 13.6. The van der Waals surface area contributed by atoms with Gasteiger partial charge in [-0.2, -0.15) is 65.9 Å². The quantitative estimate of drug-likeness (QED) is 0.0877. The third-order valence-corrected chi connectivity index (χ3v) is 10.8. The zero-order valence-corrected chi connectivity index (χ0v) is 28.0. The molecule has 0 saturated heterocycles. The zero-order chi connectivity index (χ0) is 38.7. The Morgan fingerprint density at radius 2 is 0.941 bits per heavy atom. The van der Waals surface area contributed by atoms with Gasteiger partial charge >= 0.3 is 41.7 Å². The van der Waals surface area contributed by atoms with E-state index in [0.29, 0.717) is 48.3 Å². The molecule has 1 aromatic carbocycles. The lowest BCUT2D eigenvalue weighted by Gasteiger charge is -2.41. The minimum absolute atomic E-state index is 0.316. The van der Waals surface area contributed by atoms with Gasteiger partial charge in [-0.15, -0.1) is 0 Å². The summed E-state index contributed by atoms with van der Waals surface area (Å²) in [5.41, 5.74) is -1.05. The molecule has 2 fully saturated rings. The van der Waals surface area contributed by atoms with E-state index >= 15 is 0 Å². The van der Waals surface area contributed by atoms with E-state index in [1.807, 2.05) is 0 Å². The minimum Gasteiger partial charge on any atom is -0.287 e. The van der Waals surface area contributed by atoms with Crippen LogP contribution in [-0.4, -0.2) is 47.5 Å². The highest BCUT2D eigenvalue weighted by atomic mass is 19.4. The first-order valence-corrected chi connectivity index (χ1v) is 17.3. The van der Waals surface area contributed by atoms with Crippen molar-refractivity contribution < 1.29 is 70.7 Å². The van der Waals surface area contributed by atoms with Crippen molar-refractivity contribution in [2.75, 3.05) is 0 Å². The number of Topliss-reactive ketones (excluding diaryl/α,β-unsaturated/α-hetero) is 1. The summed E-state index contributed by atoms with van der Waals surface area (Å²) in [4.78, 5) is 12.1. The summed E-state index contributed by atoms with van der Waals surface area (Å²) >= 11 is 0. The number of carbonyl (C=O) groups excluding carboxylic acids is 1. The van der Waals surface area contributed by atoms with Crippen LogP contribution in [0.2, 0.25) is 0 Å². The SMILES string of the molecule is CCCCCCCC1CCC(C2CCC(CCc3ccc(C(=O)C(F)(F)C(F)(F)C(F)(F)C(F)(F)C(F)(F)C(F)(F)C(F)(F)F)cc3)CC2)CC1. The Balaban J connectivity index is 1.55. The second kappa shape index (κ2) is 16.1. The topological polar surface area (TPSA) is 17.1 Å². The molecule has 16 heteroatoms. The van der Waals surface area contributed by atoms with Gasteiger partial charge in [-0.3, -0.25) is 4.79 Å². The van der Waals surface area contributed by atoms with Gasteiger partial charge in [0.15, 0.2) is 0 Å². The first kappa shape index (κ1) is 43.2. The van der Waals surface area contributed by atoms with E-state index in [4.69, 9.17) is 0 Å². The summed E-state index contributed by atoms with van der Waals surface area (Å²) in [5, 5.41) is 0. The van der Waals surface area contributed by atoms with Crippen LogP contribution in [0.3, 0.4) is 0 Å². The number of unbranched alkanes of at least 4 members (excludes halogenated alkanes) is 4. The lowest BCUT2D eigenvalue weighted by molar-refractivity contribution is -0.449. The van der Waals surface area contributed by atoms with Gasteiger partial charge in [0.05, 0.1) is 0 Å². The van der Waals surface area contributed by atoms with Crippen molar-refractivity contribution in [1.82, 2.24) is 0 Å². The van der Waals surface area contributed by atoms with Gasteiger partial charge in [-0.05, 0) is 67.8 Å². The molecule has 2 aliphatic rings. The molecule has 0 bridgehead atoms. The zero-order valence-electron chi connectivity index (χ0n) is 28.0. The van der Waals surface area contributed by atoms with Gasteiger partial charge in [-0.25, -0.2) is 0 Å². The summed E-state index contributed by atoms with van der Waals surface area (Å²) < 4.78 is 203. The highest BCUT2D eigenvalue weighted by Gasteiger charge is 2.94. The Bertz CT molecular complexity index is 1260. The fraction of sp³-hybridized carbons (Fsp3) is 0.800. The van der Waals surface area contributed by atoms with Crippen LogP contribution in [0.15, 0.2) is 24.3 Å². The van der Waals surface area contributed by atoms with Crippen LogP contribution in [0.1, 0.15) is 119 Å². The molecule has 2 saturated carbocycles. The van der Waals surface area contributed by atoms with E-state index in [0.717, 1.165) is 43.7 Å². The summed E-state index contributed by atoms with van der Waals surface area (Å²) in [5.74, 6) is -48.8. The standard InChI is InChI=1S/C35H43F15O/c1-2-3-4-5-6-7-22-10-16-25(17-11-22)26-18-12-23(13-19-26)8-9-24-14-20-27(21-15-24)28(51)29(36,37)30(38,39)31(40,41)32(42,43)33(44,45)34(46,47)35(48,49)50/h14-15,20-23,25-26H,2-13,16-19H2,1H3. The third kappa shape index (κ3) is 8.64. The number of rotatable bonds is 17. The number of halogens is 15. The van der Waals surface area contributed by atoms with Gasteiger partial charge in [0.25, 0.3) is 0 Å². The third-order valence-electron chi connectivity index (χ3n) is 10.8. The lowest BCUT2D eigenvalue weighted by atomic mass is 9.68. The largest absolute Gasteiger partial charge is 0.460 e.